The van der Waals surface area contributed by atoms with E-state index < -0.39 is 40.8 Å². The lowest BCUT2D eigenvalue weighted by Gasteiger charge is -2.24. The Morgan fingerprint density at radius 2 is 2.04 bits per heavy atom. The topological polar surface area (TPSA) is 97.2 Å². The molecule has 0 radical (unpaired) electrons. The van der Waals surface area contributed by atoms with Crippen LogP contribution in [0.2, 0.25) is 0 Å². The van der Waals surface area contributed by atoms with Gasteiger partial charge >= 0.3 is 5.97 Å². The largest absolute Gasteiger partial charge is 0.479 e. The normalized spacial score (nSPS) is 29.7. The predicted octanol–water partition coefficient (Wildman–Crippen LogP) is 1.76. The zero-order valence-electron chi connectivity index (χ0n) is 14.5. The van der Waals surface area contributed by atoms with Gasteiger partial charge in [0.05, 0.1) is 18.4 Å². The van der Waals surface area contributed by atoms with Crippen molar-refractivity contribution in [1.82, 2.24) is 5.32 Å². The van der Waals surface area contributed by atoms with Crippen LogP contribution in [0.3, 0.4) is 0 Å². The van der Waals surface area contributed by atoms with Crippen molar-refractivity contribution in [2.45, 2.75) is 37.0 Å². The smallest absolute Gasteiger partial charge is 0.335 e. The van der Waals surface area contributed by atoms with E-state index in [1.54, 1.807) is 0 Å². The number of oxime groups is 1. The van der Waals surface area contributed by atoms with Gasteiger partial charge < -0.3 is 20.0 Å². The number of benzene rings is 1. The molecule has 1 aromatic carbocycles. The molecule has 0 aromatic heterocycles. The van der Waals surface area contributed by atoms with Crippen molar-refractivity contribution in [3.63, 3.8) is 0 Å². The van der Waals surface area contributed by atoms with Gasteiger partial charge in [0.1, 0.15) is 11.6 Å². The molecule has 1 saturated heterocycles. The molecular weight excluding hydrogens is 362 g/mol. The summed E-state index contributed by atoms with van der Waals surface area (Å²) in [7, 11) is 0. The van der Waals surface area contributed by atoms with Crippen molar-refractivity contribution in [2.24, 2.45) is 5.16 Å². The number of halogens is 2. The van der Waals surface area contributed by atoms with Crippen LogP contribution in [0.4, 0.5) is 8.78 Å². The van der Waals surface area contributed by atoms with Gasteiger partial charge in [-0.1, -0.05) is 11.7 Å². The number of carbonyl (C=O) groups is 2. The summed E-state index contributed by atoms with van der Waals surface area (Å²) in [5, 5.41) is 15.6. The van der Waals surface area contributed by atoms with Crippen molar-refractivity contribution in [2.75, 3.05) is 6.61 Å². The summed E-state index contributed by atoms with van der Waals surface area (Å²) in [5.41, 5.74) is -2.58. The van der Waals surface area contributed by atoms with Crippen molar-refractivity contribution in [3.05, 3.63) is 48.1 Å². The molecule has 0 aliphatic carbocycles. The molecule has 0 saturated carbocycles. The van der Waals surface area contributed by atoms with E-state index in [4.69, 9.17) is 9.57 Å². The van der Waals surface area contributed by atoms with Gasteiger partial charge in [-0.25, -0.2) is 13.6 Å². The summed E-state index contributed by atoms with van der Waals surface area (Å²) in [5.74, 6) is -3.25. The Morgan fingerprint density at radius 3 is 2.59 bits per heavy atom. The van der Waals surface area contributed by atoms with Gasteiger partial charge in [-0.15, -0.1) is 0 Å². The summed E-state index contributed by atoms with van der Waals surface area (Å²) in [6, 6.07) is 2.37. The average molecular weight is 380 g/mol. The van der Waals surface area contributed by atoms with Crippen LogP contribution in [0, 0.1) is 11.6 Å². The van der Waals surface area contributed by atoms with Crippen LogP contribution < -0.4 is 5.32 Å². The highest BCUT2D eigenvalue weighted by Crippen LogP contribution is 2.31. The minimum atomic E-state index is -1.56. The van der Waals surface area contributed by atoms with Crippen molar-refractivity contribution < 1.29 is 33.1 Å². The SMILES string of the molecule is C=C[C@]1(C(=O)N[C@H]2CO[C@@](C)(C(=O)O)C2)CC(c2cc(F)cc(F)c2)=NO1. The summed E-state index contributed by atoms with van der Waals surface area (Å²) >= 11 is 0. The second-order valence-corrected chi connectivity index (χ2v) is 6.78. The number of carbonyl (C=O) groups excluding carboxylic acids is 1. The molecule has 1 fully saturated rings. The van der Waals surface area contributed by atoms with Gasteiger partial charge in [0.25, 0.3) is 5.91 Å². The Bertz CT molecular complexity index is 823. The molecule has 3 atom stereocenters. The molecule has 3 rings (SSSR count). The number of carboxylic acid groups (broad SMARTS) is 1. The lowest BCUT2D eigenvalue weighted by atomic mass is 9.92. The highest BCUT2D eigenvalue weighted by atomic mass is 19.1. The van der Waals surface area contributed by atoms with E-state index >= 15 is 0 Å². The van der Waals surface area contributed by atoms with Gasteiger partial charge in [0.15, 0.2) is 5.60 Å². The molecule has 7 nitrogen and oxygen atoms in total. The lowest BCUT2D eigenvalue weighted by Crippen LogP contribution is -2.50. The molecule has 27 heavy (non-hydrogen) atoms. The fraction of sp³-hybridized carbons (Fsp3) is 0.389. The Morgan fingerprint density at radius 1 is 1.37 bits per heavy atom. The number of carboxylic acids is 1. The Labute approximate surface area is 153 Å². The van der Waals surface area contributed by atoms with E-state index in [1.807, 2.05) is 0 Å². The predicted molar refractivity (Wildman–Crippen MR) is 90.1 cm³/mol. The molecule has 2 aliphatic rings. The minimum Gasteiger partial charge on any atom is -0.479 e. The molecule has 0 bridgehead atoms. The first-order valence-corrected chi connectivity index (χ1v) is 8.21. The Hall–Kier alpha value is -2.81. The zero-order valence-corrected chi connectivity index (χ0v) is 14.5. The number of nitrogens with zero attached hydrogens (tertiary/aromatic N) is 1. The summed E-state index contributed by atoms with van der Waals surface area (Å²) in [6.45, 7) is 5.06. The minimum absolute atomic E-state index is 0.0323. The molecular formula is C18H18F2N2O5. The molecule has 144 valence electrons. The number of hydrogen-bond donors (Lipinski definition) is 2. The number of aliphatic carboxylic acids is 1. The molecule has 1 amide bonds. The molecule has 9 heteroatoms. The van der Waals surface area contributed by atoms with Crippen LogP contribution in [0.15, 0.2) is 36.0 Å². The number of nitrogens with one attached hydrogen (secondary N) is 1. The molecule has 2 aliphatic heterocycles. The second kappa shape index (κ2) is 6.73. The quantitative estimate of drug-likeness (QED) is 0.759. The third-order valence-corrected chi connectivity index (χ3v) is 4.69. The van der Waals surface area contributed by atoms with Gasteiger partial charge in [-0.2, -0.15) is 0 Å². The first-order chi connectivity index (χ1) is 12.7. The molecule has 1 aromatic rings. The number of hydrogen-bond acceptors (Lipinski definition) is 5. The van der Waals surface area contributed by atoms with Gasteiger partial charge in [-0.05, 0) is 25.1 Å². The first-order valence-electron chi connectivity index (χ1n) is 8.21. The van der Waals surface area contributed by atoms with Crippen LogP contribution in [0.5, 0.6) is 0 Å². The maximum atomic E-state index is 13.4. The molecule has 2 heterocycles. The van der Waals surface area contributed by atoms with Crippen LogP contribution in [0.1, 0.15) is 25.3 Å². The van der Waals surface area contributed by atoms with Crippen LogP contribution >= 0.6 is 0 Å². The van der Waals surface area contributed by atoms with Crippen molar-refractivity contribution in [1.29, 1.82) is 0 Å². The standard InChI is InChI=1S/C18H18F2N2O5/c1-3-18(15(23)21-13-7-17(2,16(24)25)26-9-13)8-14(22-27-18)10-4-11(19)6-12(20)5-10/h3-6,13H,1,7-9H2,2H3,(H,21,23)(H,24,25)/t13-,17-,18-/m1/s1. The van der Waals surface area contributed by atoms with Crippen molar-refractivity contribution in [3.8, 4) is 0 Å². The Kier molecular flexibility index (Phi) is 4.73. The van der Waals surface area contributed by atoms with Crippen molar-refractivity contribution >= 4 is 17.6 Å². The van der Waals surface area contributed by atoms with E-state index in [0.717, 1.165) is 18.2 Å². The number of amides is 1. The van der Waals surface area contributed by atoms with Crippen LogP contribution in [-0.2, 0) is 19.2 Å². The van der Waals surface area contributed by atoms with E-state index in [1.165, 1.54) is 13.0 Å². The van der Waals surface area contributed by atoms with E-state index in [0.29, 0.717) is 0 Å². The fourth-order valence-electron chi connectivity index (χ4n) is 3.07. The molecule has 2 N–H and O–H groups in total. The van der Waals surface area contributed by atoms with E-state index in [2.05, 4.69) is 17.1 Å². The van der Waals surface area contributed by atoms with Crippen LogP contribution in [-0.4, -0.2) is 46.5 Å². The number of rotatable bonds is 5. The summed E-state index contributed by atoms with van der Waals surface area (Å²) in [6.07, 6.45) is 1.26. The highest BCUT2D eigenvalue weighted by Gasteiger charge is 2.48. The van der Waals surface area contributed by atoms with E-state index in [-0.39, 0.29) is 30.7 Å². The molecule has 0 spiro atoms. The highest BCUT2D eigenvalue weighted by molar-refractivity contribution is 6.06. The second-order valence-electron chi connectivity index (χ2n) is 6.78. The monoisotopic (exact) mass is 380 g/mol. The molecule has 0 unspecified atom stereocenters. The zero-order chi connectivity index (χ0) is 19.8. The van der Waals surface area contributed by atoms with Crippen LogP contribution in [0.25, 0.3) is 0 Å². The maximum absolute atomic E-state index is 13.4. The third-order valence-electron chi connectivity index (χ3n) is 4.69. The van der Waals surface area contributed by atoms with Gasteiger partial charge in [0.2, 0.25) is 5.60 Å². The maximum Gasteiger partial charge on any atom is 0.335 e. The van der Waals surface area contributed by atoms with Gasteiger partial charge in [-0.3, -0.25) is 4.79 Å². The number of ether oxygens (including phenoxy) is 1. The van der Waals surface area contributed by atoms with E-state index in [9.17, 15) is 23.5 Å². The first kappa shape index (κ1) is 19.0. The summed E-state index contributed by atoms with van der Waals surface area (Å²) in [4.78, 5) is 29.2. The third kappa shape index (κ3) is 3.55. The average Bonchev–Trinajstić information content (AvgIpc) is 3.20. The Balaban J connectivity index is 1.71. The fourth-order valence-corrected chi connectivity index (χ4v) is 3.07. The van der Waals surface area contributed by atoms with Gasteiger partial charge in [0, 0.05) is 24.5 Å². The summed E-state index contributed by atoms with van der Waals surface area (Å²) < 4.78 is 32.1. The lowest BCUT2D eigenvalue weighted by molar-refractivity contribution is -0.157.